The van der Waals surface area contributed by atoms with Crippen molar-refractivity contribution in [3.63, 3.8) is 0 Å². The number of sulfonamides is 1. The number of hydrogen-bond acceptors (Lipinski definition) is 4. The number of aromatic nitrogens is 2. The summed E-state index contributed by atoms with van der Waals surface area (Å²) >= 11 is 0. The molecule has 7 heteroatoms. The second-order valence-electron chi connectivity index (χ2n) is 4.70. The van der Waals surface area contributed by atoms with Crippen molar-refractivity contribution in [3.05, 3.63) is 11.8 Å². The molecule has 1 fully saturated rings. The van der Waals surface area contributed by atoms with Crippen molar-refractivity contribution >= 4 is 10.0 Å². The molecule has 0 radical (unpaired) electrons. The van der Waals surface area contributed by atoms with Gasteiger partial charge in [-0.25, -0.2) is 13.1 Å². The lowest BCUT2D eigenvalue weighted by molar-refractivity contribution is 0.570. The maximum atomic E-state index is 12.1. The second kappa shape index (κ2) is 5.81. The lowest BCUT2D eigenvalue weighted by Gasteiger charge is -2.07. The van der Waals surface area contributed by atoms with Gasteiger partial charge < -0.3 is 5.32 Å². The third kappa shape index (κ3) is 3.54. The number of nitrogens with one attached hydrogen (secondary N) is 3. The fourth-order valence-electron chi connectivity index (χ4n) is 1.68. The van der Waals surface area contributed by atoms with Gasteiger partial charge in [0.25, 0.3) is 10.0 Å². The molecule has 0 spiro atoms. The Balaban J connectivity index is 1.99. The molecule has 0 bridgehead atoms. The largest absolute Gasteiger partial charge is 0.313 e. The van der Waals surface area contributed by atoms with E-state index in [-0.39, 0.29) is 5.03 Å². The molecule has 1 aromatic heterocycles. The molecule has 0 unspecified atom stereocenters. The van der Waals surface area contributed by atoms with Crippen LogP contribution in [0.25, 0.3) is 0 Å². The molecule has 18 heavy (non-hydrogen) atoms. The van der Waals surface area contributed by atoms with Crippen LogP contribution in [-0.4, -0.2) is 31.7 Å². The SMILES string of the molecule is CCCNCc1cn[nH]c1S(=O)(=O)NCC1CC1. The summed E-state index contributed by atoms with van der Waals surface area (Å²) in [5.41, 5.74) is 0.687. The van der Waals surface area contributed by atoms with Crippen LogP contribution in [0.2, 0.25) is 0 Å². The predicted octanol–water partition coefficient (Wildman–Crippen LogP) is 0.598. The van der Waals surface area contributed by atoms with E-state index in [2.05, 4.69) is 27.2 Å². The van der Waals surface area contributed by atoms with E-state index >= 15 is 0 Å². The van der Waals surface area contributed by atoms with Crippen LogP contribution in [0.4, 0.5) is 0 Å². The first-order valence-corrected chi connectivity index (χ1v) is 7.84. The molecule has 1 aliphatic rings. The molecule has 6 nitrogen and oxygen atoms in total. The first-order chi connectivity index (χ1) is 8.63. The maximum Gasteiger partial charge on any atom is 0.257 e. The summed E-state index contributed by atoms with van der Waals surface area (Å²) in [4.78, 5) is 0. The molecule has 1 aliphatic carbocycles. The van der Waals surface area contributed by atoms with Crippen LogP contribution in [0.5, 0.6) is 0 Å². The molecule has 1 saturated carbocycles. The lowest BCUT2D eigenvalue weighted by Crippen LogP contribution is -2.27. The summed E-state index contributed by atoms with van der Waals surface area (Å²) < 4.78 is 26.8. The van der Waals surface area contributed by atoms with E-state index < -0.39 is 10.0 Å². The zero-order valence-electron chi connectivity index (χ0n) is 10.6. The summed E-state index contributed by atoms with van der Waals surface area (Å²) in [6.45, 7) is 3.98. The molecule has 3 N–H and O–H groups in total. The highest BCUT2D eigenvalue weighted by molar-refractivity contribution is 7.89. The molecule has 0 amide bonds. The molecular formula is C11H20N4O2S. The van der Waals surface area contributed by atoms with Crippen LogP contribution in [0.3, 0.4) is 0 Å². The Kier molecular flexibility index (Phi) is 4.36. The van der Waals surface area contributed by atoms with Gasteiger partial charge in [-0.3, -0.25) is 5.10 Å². The highest BCUT2D eigenvalue weighted by Crippen LogP contribution is 2.28. The number of hydrogen-bond donors (Lipinski definition) is 3. The minimum Gasteiger partial charge on any atom is -0.313 e. The summed E-state index contributed by atoms with van der Waals surface area (Å²) in [7, 11) is -3.45. The molecule has 1 aromatic rings. The molecule has 0 atom stereocenters. The van der Waals surface area contributed by atoms with Crippen LogP contribution in [0.15, 0.2) is 11.2 Å². The monoisotopic (exact) mass is 272 g/mol. The van der Waals surface area contributed by atoms with Crippen molar-refractivity contribution < 1.29 is 8.42 Å². The minimum absolute atomic E-state index is 0.187. The van der Waals surface area contributed by atoms with E-state index in [1.807, 2.05) is 0 Å². The molecular weight excluding hydrogens is 252 g/mol. The van der Waals surface area contributed by atoms with Gasteiger partial charge in [-0.1, -0.05) is 6.92 Å². The van der Waals surface area contributed by atoms with Crippen LogP contribution < -0.4 is 10.0 Å². The summed E-state index contributed by atoms with van der Waals surface area (Å²) in [5, 5.41) is 9.76. The average Bonchev–Trinajstić information content (AvgIpc) is 3.05. The highest BCUT2D eigenvalue weighted by Gasteiger charge is 2.26. The van der Waals surface area contributed by atoms with Gasteiger partial charge in [0.05, 0.1) is 6.20 Å². The minimum atomic E-state index is -3.45. The van der Waals surface area contributed by atoms with Crippen LogP contribution in [-0.2, 0) is 16.6 Å². The van der Waals surface area contributed by atoms with E-state index in [1.54, 1.807) is 6.20 Å². The second-order valence-corrected chi connectivity index (χ2v) is 6.40. The van der Waals surface area contributed by atoms with E-state index in [0.717, 1.165) is 25.8 Å². The third-order valence-electron chi connectivity index (χ3n) is 2.95. The van der Waals surface area contributed by atoms with Gasteiger partial charge in [-0.15, -0.1) is 0 Å². The Morgan fingerprint density at radius 1 is 1.50 bits per heavy atom. The standard InChI is InChI=1S/C11H20N4O2S/c1-2-5-12-7-10-8-13-15-11(10)18(16,17)14-6-9-3-4-9/h8-9,12,14H,2-7H2,1H3,(H,13,15). The average molecular weight is 272 g/mol. The summed E-state index contributed by atoms with van der Waals surface area (Å²) in [5.74, 6) is 0.518. The highest BCUT2D eigenvalue weighted by atomic mass is 32.2. The van der Waals surface area contributed by atoms with E-state index in [1.165, 1.54) is 0 Å². The first-order valence-electron chi connectivity index (χ1n) is 6.36. The van der Waals surface area contributed by atoms with Crippen molar-refractivity contribution in [2.24, 2.45) is 5.92 Å². The third-order valence-corrected chi connectivity index (χ3v) is 4.39. The normalized spacial score (nSPS) is 16.1. The molecule has 0 aliphatic heterocycles. The Hall–Kier alpha value is -0.920. The Bertz CT molecular complexity index is 479. The number of H-pyrrole nitrogens is 1. The van der Waals surface area contributed by atoms with E-state index in [4.69, 9.17) is 0 Å². The zero-order valence-corrected chi connectivity index (χ0v) is 11.4. The first kappa shape index (κ1) is 13.5. The van der Waals surface area contributed by atoms with E-state index in [9.17, 15) is 8.42 Å². The van der Waals surface area contributed by atoms with Gasteiger partial charge >= 0.3 is 0 Å². The van der Waals surface area contributed by atoms with Gasteiger partial charge in [0.15, 0.2) is 5.03 Å². The van der Waals surface area contributed by atoms with Gasteiger partial charge in [0.1, 0.15) is 0 Å². The van der Waals surface area contributed by atoms with Crippen LogP contribution in [0.1, 0.15) is 31.7 Å². The fraction of sp³-hybridized carbons (Fsp3) is 0.727. The Morgan fingerprint density at radius 2 is 2.28 bits per heavy atom. The van der Waals surface area contributed by atoms with Crippen molar-refractivity contribution in [3.8, 4) is 0 Å². The van der Waals surface area contributed by atoms with Crippen LogP contribution in [0, 0.1) is 5.92 Å². The van der Waals surface area contributed by atoms with Gasteiger partial charge in [0, 0.05) is 18.7 Å². The van der Waals surface area contributed by atoms with Crippen molar-refractivity contribution in [1.82, 2.24) is 20.2 Å². The smallest absolute Gasteiger partial charge is 0.257 e. The molecule has 2 rings (SSSR count). The van der Waals surface area contributed by atoms with Crippen molar-refractivity contribution in [2.45, 2.75) is 37.8 Å². The maximum absolute atomic E-state index is 12.1. The van der Waals surface area contributed by atoms with Gasteiger partial charge in [-0.05, 0) is 31.7 Å². The molecule has 0 aromatic carbocycles. The Morgan fingerprint density at radius 3 is 2.94 bits per heavy atom. The van der Waals surface area contributed by atoms with Crippen molar-refractivity contribution in [2.75, 3.05) is 13.1 Å². The van der Waals surface area contributed by atoms with Gasteiger partial charge in [-0.2, -0.15) is 5.10 Å². The quantitative estimate of drug-likeness (QED) is 0.605. The zero-order chi connectivity index (χ0) is 13.0. The van der Waals surface area contributed by atoms with Crippen LogP contribution >= 0.6 is 0 Å². The molecule has 0 saturated heterocycles. The Labute approximate surface area is 108 Å². The number of aromatic amines is 1. The van der Waals surface area contributed by atoms with Gasteiger partial charge in [0.2, 0.25) is 0 Å². The van der Waals surface area contributed by atoms with Crippen molar-refractivity contribution in [1.29, 1.82) is 0 Å². The molecule has 102 valence electrons. The summed E-state index contributed by atoms with van der Waals surface area (Å²) in [6, 6.07) is 0. The number of nitrogens with zero attached hydrogens (tertiary/aromatic N) is 1. The molecule has 1 heterocycles. The predicted molar refractivity (Wildman–Crippen MR) is 68.5 cm³/mol. The lowest BCUT2D eigenvalue weighted by atomic mass is 10.3. The van der Waals surface area contributed by atoms with E-state index in [0.29, 0.717) is 24.6 Å². The number of rotatable bonds is 8. The fourth-order valence-corrected chi connectivity index (χ4v) is 2.92. The summed E-state index contributed by atoms with van der Waals surface area (Å²) in [6.07, 6.45) is 4.82. The topological polar surface area (TPSA) is 86.9 Å².